The Hall–Kier alpha value is -1.52. The quantitative estimate of drug-likeness (QED) is 0.604. The summed E-state index contributed by atoms with van der Waals surface area (Å²) in [6.07, 6.45) is 2.48. The molecule has 0 bridgehead atoms. The molecule has 5 nitrogen and oxygen atoms in total. The molecule has 0 aliphatic carbocycles. The molecule has 5 heteroatoms. The summed E-state index contributed by atoms with van der Waals surface area (Å²) in [4.78, 5) is 13.7. The third-order valence-corrected chi connectivity index (χ3v) is 0.968. The second-order valence-electron chi connectivity index (χ2n) is 1.84. The molecule has 1 heterocycles. The van der Waals surface area contributed by atoms with Crippen LogP contribution in [-0.2, 0) is 11.2 Å². The van der Waals surface area contributed by atoms with Crippen LogP contribution in [0.1, 0.15) is 5.69 Å². The second-order valence-corrected chi connectivity index (χ2v) is 1.84. The van der Waals surface area contributed by atoms with Crippen LogP contribution < -0.4 is 5.84 Å². The molecular formula is C5H6N3O2. The molecule has 0 spiro atoms. The minimum Gasteiger partial charge on any atom is -0.481 e. The Labute approximate surface area is 57.1 Å². The SMILES string of the molecule is [NH]n1cnc(CC(=O)O)c1. The molecule has 0 atom stereocenters. The number of carboxylic acid groups (broad SMARTS) is 1. The smallest absolute Gasteiger partial charge is 0.309 e. The van der Waals surface area contributed by atoms with Gasteiger partial charge in [0.25, 0.3) is 0 Å². The summed E-state index contributed by atoms with van der Waals surface area (Å²) in [7, 11) is 0. The monoisotopic (exact) mass is 140 g/mol. The van der Waals surface area contributed by atoms with E-state index in [1.165, 1.54) is 12.5 Å². The van der Waals surface area contributed by atoms with Crippen molar-refractivity contribution in [1.29, 1.82) is 0 Å². The number of hydrogen-bond donors (Lipinski definition) is 1. The van der Waals surface area contributed by atoms with Crippen molar-refractivity contribution in [3.05, 3.63) is 18.2 Å². The van der Waals surface area contributed by atoms with Crippen molar-refractivity contribution < 1.29 is 9.90 Å². The van der Waals surface area contributed by atoms with E-state index >= 15 is 0 Å². The van der Waals surface area contributed by atoms with Crippen LogP contribution in [0.3, 0.4) is 0 Å². The molecule has 10 heavy (non-hydrogen) atoms. The van der Waals surface area contributed by atoms with Gasteiger partial charge in [0.05, 0.1) is 18.3 Å². The van der Waals surface area contributed by atoms with E-state index in [0.717, 1.165) is 4.68 Å². The van der Waals surface area contributed by atoms with Crippen molar-refractivity contribution in [2.24, 2.45) is 0 Å². The maximum absolute atomic E-state index is 10.1. The van der Waals surface area contributed by atoms with E-state index in [-0.39, 0.29) is 6.42 Å². The fourth-order valence-electron chi connectivity index (χ4n) is 0.610. The van der Waals surface area contributed by atoms with Crippen LogP contribution >= 0.6 is 0 Å². The molecule has 0 aliphatic rings. The normalized spacial score (nSPS) is 9.60. The molecule has 1 aromatic rings. The second kappa shape index (κ2) is 2.38. The molecule has 0 saturated carbocycles. The fraction of sp³-hybridized carbons (Fsp3) is 0.200. The van der Waals surface area contributed by atoms with Crippen LogP contribution in [-0.4, -0.2) is 20.7 Å². The molecule has 2 N–H and O–H groups in total. The zero-order valence-corrected chi connectivity index (χ0v) is 5.11. The average Bonchev–Trinajstić information content (AvgIpc) is 2.13. The van der Waals surface area contributed by atoms with Gasteiger partial charge in [0.15, 0.2) is 0 Å². The van der Waals surface area contributed by atoms with E-state index in [2.05, 4.69) is 4.98 Å². The van der Waals surface area contributed by atoms with Gasteiger partial charge in [0.2, 0.25) is 0 Å². The number of carbonyl (C=O) groups is 1. The number of aliphatic carboxylic acids is 1. The highest BCUT2D eigenvalue weighted by Gasteiger charge is 2.01. The van der Waals surface area contributed by atoms with E-state index in [1.54, 1.807) is 0 Å². The average molecular weight is 140 g/mol. The molecule has 0 aliphatic heterocycles. The molecule has 0 fully saturated rings. The highest BCUT2D eigenvalue weighted by atomic mass is 16.4. The molecule has 0 amide bonds. The van der Waals surface area contributed by atoms with Crippen molar-refractivity contribution in [2.45, 2.75) is 6.42 Å². The Bertz CT molecular complexity index is 243. The first-order valence-corrected chi connectivity index (χ1v) is 2.65. The van der Waals surface area contributed by atoms with Gasteiger partial charge in [-0.1, -0.05) is 0 Å². The number of nitrogens with zero attached hydrogens (tertiary/aromatic N) is 2. The number of rotatable bonds is 2. The molecule has 0 saturated heterocycles. The zero-order chi connectivity index (χ0) is 7.56. The number of carboxylic acids is 1. The standard InChI is InChI=1S/C5H6N3O2/c6-8-2-4(7-3-8)1-5(9)10/h2-3,6H,1H2,(H,9,10). The predicted molar refractivity (Wildman–Crippen MR) is 32.1 cm³/mol. The zero-order valence-electron chi connectivity index (χ0n) is 5.11. The molecule has 1 aromatic heterocycles. The van der Waals surface area contributed by atoms with Gasteiger partial charge < -0.3 is 5.11 Å². The van der Waals surface area contributed by atoms with Crippen molar-refractivity contribution in [3.63, 3.8) is 0 Å². The highest BCUT2D eigenvalue weighted by Crippen LogP contribution is 1.93. The van der Waals surface area contributed by atoms with Crippen LogP contribution in [0.25, 0.3) is 0 Å². The van der Waals surface area contributed by atoms with Gasteiger partial charge in [-0.2, -0.15) is 0 Å². The summed E-state index contributed by atoms with van der Waals surface area (Å²) in [6.45, 7) is 0. The van der Waals surface area contributed by atoms with Crippen LogP contribution in [0.5, 0.6) is 0 Å². The van der Waals surface area contributed by atoms with Crippen LogP contribution in [0.2, 0.25) is 0 Å². The fourth-order valence-corrected chi connectivity index (χ4v) is 0.610. The van der Waals surface area contributed by atoms with Gasteiger partial charge >= 0.3 is 5.97 Å². The number of hydrogen-bond acceptors (Lipinski definition) is 2. The molecule has 1 radical (unpaired) electrons. The molecule has 0 unspecified atom stereocenters. The Kier molecular flexibility index (Phi) is 1.57. The van der Waals surface area contributed by atoms with Crippen molar-refractivity contribution in [1.82, 2.24) is 15.5 Å². The molecule has 1 rings (SSSR count). The Morgan fingerprint density at radius 3 is 3.00 bits per heavy atom. The first-order chi connectivity index (χ1) is 4.68. The predicted octanol–water partition coefficient (Wildman–Crippen LogP) is -0.444. The third-order valence-electron chi connectivity index (χ3n) is 0.968. The van der Waals surface area contributed by atoms with Crippen LogP contribution in [0.15, 0.2) is 12.5 Å². The summed E-state index contributed by atoms with van der Waals surface area (Å²) in [5.41, 5.74) is 0.405. The lowest BCUT2D eigenvalue weighted by atomic mass is 10.3. The van der Waals surface area contributed by atoms with Crippen molar-refractivity contribution in [2.75, 3.05) is 0 Å². The lowest BCUT2D eigenvalue weighted by Crippen LogP contribution is -1.99. The van der Waals surface area contributed by atoms with Crippen molar-refractivity contribution >= 4 is 5.97 Å². The van der Waals surface area contributed by atoms with E-state index in [9.17, 15) is 4.79 Å². The number of imidazole rings is 1. The number of aromatic nitrogens is 2. The Balaban J connectivity index is 2.67. The van der Waals surface area contributed by atoms with Gasteiger partial charge in [-0.25, -0.2) is 15.5 Å². The van der Waals surface area contributed by atoms with E-state index in [1.807, 2.05) is 0 Å². The summed E-state index contributed by atoms with van der Waals surface area (Å²) < 4.78 is 0.971. The van der Waals surface area contributed by atoms with Gasteiger partial charge in [-0.3, -0.25) is 4.79 Å². The summed E-state index contributed by atoms with van der Waals surface area (Å²) in [6, 6.07) is 0. The number of nitrogens with one attached hydrogen (secondary N) is 1. The van der Waals surface area contributed by atoms with Gasteiger partial charge in [0, 0.05) is 0 Å². The minimum atomic E-state index is -0.932. The van der Waals surface area contributed by atoms with Gasteiger partial charge in [-0.05, 0) is 0 Å². The van der Waals surface area contributed by atoms with Gasteiger partial charge in [0.1, 0.15) is 6.33 Å². The molecular weight excluding hydrogens is 134 g/mol. The summed E-state index contributed by atoms with van der Waals surface area (Å²) in [5, 5.41) is 8.27. The molecule has 53 valence electrons. The first-order valence-electron chi connectivity index (χ1n) is 2.65. The maximum Gasteiger partial charge on any atom is 0.309 e. The third kappa shape index (κ3) is 1.48. The largest absolute Gasteiger partial charge is 0.481 e. The highest BCUT2D eigenvalue weighted by molar-refractivity contribution is 5.69. The summed E-state index contributed by atoms with van der Waals surface area (Å²) in [5.74, 6) is 5.99. The Morgan fingerprint density at radius 2 is 2.60 bits per heavy atom. The van der Waals surface area contributed by atoms with E-state index < -0.39 is 5.97 Å². The van der Waals surface area contributed by atoms with Crippen LogP contribution in [0.4, 0.5) is 0 Å². The maximum atomic E-state index is 10.1. The van der Waals surface area contributed by atoms with Gasteiger partial charge in [-0.15, -0.1) is 0 Å². The lowest BCUT2D eigenvalue weighted by Gasteiger charge is -1.85. The Morgan fingerprint density at radius 1 is 1.90 bits per heavy atom. The minimum absolute atomic E-state index is 0.119. The lowest BCUT2D eigenvalue weighted by molar-refractivity contribution is -0.136. The first kappa shape index (κ1) is 6.60. The topological polar surface area (TPSA) is 78.9 Å². The molecule has 0 aromatic carbocycles. The summed E-state index contributed by atoms with van der Waals surface area (Å²) >= 11 is 0. The van der Waals surface area contributed by atoms with Crippen LogP contribution in [0, 0.1) is 0 Å². The van der Waals surface area contributed by atoms with Crippen molar-refractivity contribution in [3.8, 4) is 0 Å². The van der Waals surface area contributed by atoms with E-state index in [4.69, 9.17) is 10.9 Å². The van der Waals surface area contributed by atoms with E-state index in [0.29, 0.717) is 5.69 Å².